The summed E-state index contributed by atoms with van der Waals surface area (Å²) in [7, 11) is 0. The highest BCUT2D eigenvalue weighted by molar-refractivity contribution is 7.13. The van der Waals surface area contributed by atoms with Crippen molar-refractivity contribution < 1.29 is 4.79 Å². The van der Waals surface area contributed by atoms with Crippen LogP contribution in [0.15, 0.2) is 30.3 Å². The summed E-state index contributed by atoms with van der Waals surface area (Å²) >= 11 is 1.50. The van der Waals surface area contributed by atoms with Crippen molar-refractivity contribution in [3.05, 3.63) is 51.5 Å². The molecule has 2 fully saturated rings. The molecule has 4 atom stereocenters. The normalized spacial score (nSPS) is 29.0. The van der Waals surface area contributed by atoms with Crippen LogP contribution >= 0.6 is 11.3 Å². The molecule has 0 unspecified atom stereocenters. The van der Waals surface area contributed by atoms with E-state index < -0.39 is 0 Å². The summed E-state index contributed by atoms with van der Waals surface area (Å²) < 4.78 is 0. The van der Waals surface area contributed by atoms with E-state index in [0.29, 0.717) is 11.8 Å². The van der Waals surface area contributed by atoms with Gasteiger partial charge in [-0.25, -0.2) is 4.98 Å². The van der Waals surface area contributed by atoms with Gasteiger partial charge in [0.15, 0.2) is 0 Å². The summed E-state index contributed by atoms with van der Waals surface area (Å²) in [4.78, 5) is 17.9. The quantitative estimate of drug-likeness (QED) is 0.924. The maximum Gasteiger partial charge on any atom is 0.263 e. The van der Waals surface area contributed by atoms with Gasteiger partial charge in [0.05, 0.1) is 10.7 Å². The molecular weight excluding hydrogens is 304 g/mol. The van der Waals surface area contributed by atoms with Gasteiger partial charge in [-0.3, -0.25) is 4.79 Å². The van der Waals surface area contributed by atoms with Crippen LogP contribution in [0.1, 0.15) is 51.1 Å². The number of carbonyl (C=O) groups is 1. The van der Waals surface area contributed by atoms with Crippen molar-refractivity contribution in [2.24, 2.45) is 11.8 Å². The minimum Gasteiger partial charge on any atom is -0.348 e. The lowest BCUT2D eigenvalue weighted by Gasteiger charge is -2.49. The maximum absolute atomic E-state index is 12.7. The van der Waals surface area contributed by atoms with E-state index in [2.05, 4.69) is 40.6 Å². The number of thiazole rings is 1. The van der Waals surface area contributed by atoms with Gasteiger partial charge in [0.25, 0.3) is 5.91 Å². The standard InChI is InChI=1S/C19H22N2OS/c1-11-18(23-12(2)20-11)19(22)21-17-15-10-6-9-14(15)16(17)13-7-4-3-5-8-13/h3-5,7-8,14-17H,6,9-10H2,1-2H3,(H,21,22)/t14-,15+,16-,17+/m0/s1. The van der Waals surface area contributed by atoms with Crippen LogP contribution in [0.3, 0.4) is 0 Å². The van der Waals surface area contributed by atoms with Gasteiger partial charge in [0.2, 0.25) is 0 Å². The Morgan fingerprint density at radius 1 is 1.17 bits per heavy atom. The highest BCUT2D eigenvalue weighted by atomic mass is 32.1. The molecule has 1 N–H and O–H groups in total. The molecule has 2 aliphatic carbocycles. The van der Waals surface area contributed by atoms with Crippen molar-refractivity contribution in [3.8, 4) is 0 Å². The second-order valence-electron chi connectivity index (χ2n) is 6.84. The number of fused-ring (bicyclic) bond motifs is 1. The molecule has 0 radical (unpaired) electrons. The lowest BCUT2D eigenvalue weighted by atomic mass is 9.60. The number of aryl methyl sites for hydroxylation is 2. The largest absolute Gasteiger partial charge is 0.348 e. The molecule has 0 saturated heterocycles. The number of benzene rings is 1. The maximum atomic E-state index is 12.7. The van der Waals surface area contributed by atoms with Crippen molar-refractivity contribution in [1.29, 1.82) is 0 Å². The lowest BCUT2D eigenvalue weighted by Crippen LogP contribution is -2.56. The monoisotopic (exact) mass is 326 g/mol. The van der Waals surface area contributed by atoms with E-state index >= 15 is 0 Å². The first-order valence-corrected chi connectivity index (χ1v) is 9.26. The number of rotatable bonds is 3. The van der Waals surface area contributed by atoms with E-state index in [1.165, 1.54) is 36.2 Å². The van der Waals surface area contributed by atoms with Crippen LogP contribution in [0.5, 0.6) is 0 Å². The summed E-state index contributed by atoms with van der Waals surface area (Å²) in [5.41, 5.74) is 2.22. The van der Waals surface area contributed by atoms with E-state index in [4.69, 9.17) is 0 Å². The predicted molar refractivity (Wildman–Crippen MR) is 92.9 cm³/mol. The minimum atomic E-state index is 0.0596. The molecule has 4 heteroatoms. The van der Waals surface area contributed by atoms with Gasteiger partial charge in [-0.1, -0.05) is 36.8 Å². The Labute approximate surface area is 141 Å². The number of nitrogens with zero attached hydrogens (tertiary/aromatic N) is 1. The zero-order chi connectivity index (χ0) is 16.0. The second kappa shape index (κ2) is 5.75. The van der Waals surface area contributed by atoms with Crippen molar-refractivity contribution in [2.45, 2.75) is 45.1 Å². The van der Waals surface area contributed by atoms with Crippen LogP contribution in [0.4, 0.5) is 0 Å². The fraction of sp³-hybridized carbons (Fsp3) is 0.474. The zero-order valence-electron chi connectivity index (χ0n) is 13.6. The average molecular weight is 326 g/mol. The summed E-state index contributed by atoms with van der Waals surface area (Å²) in [5, 5.41) is 4.30. The van der Waals surface area contributed by atoms with Crippen molar-refractivity contribution >= 4 is 17.2 Å². The molecule has 0 aliphatic heterocycles. The van der Waals surface area contributed by atoms with Gasteiger partial charge in [-0.2, -0.15) is 0 Å². The van der Waals surface area contributed by atoms with Crippen molar-refractivity contribution in [1.82, 2.24) is 10.3 Å². The number of aromatic nitrogens is 1. The van der Waals surface area contributed by atoms with Crippen molar-refractivity contribution in [3.63, 3.8) is 0 Å². The molecule has 2 aliphatic rings. The van der Waals surface area contributed by atoms with E-state index in [9.17, 15) is 4.79 Å². The minimum absolute atomic E-state index is 0.0596. The first-order chi connectivity index (χ1) is 11.1. The number of carbonyl (C=O) groups excluding carboxylic acids is 1. The molecule has 1 heterocycles. The van der Waals surface area contributed by atoms with E-state index in [1.54, 1.807) is 0 Å². The van der Waals surface area contributed by atoms with Crippen molar-refractivity contribution in [2.75, 3.05) is 0 Å². The molecule has 0 bridgehead atoms. The highest BCUT2D eigenvalue weighted by Crippen LogP contribution is 2.56. The number of hydrogen-bond donors (Lipinski definition) is 1. The third-order valence-electron chi connectivity index (χ3n) is 5.53. The summed E-state index contributed by atoms with van der Waals surface area (Å²) in [6.45, 7) is 3.88. The summed E-state index contributed by atoms with van der Waals surface area (Å²) in [6, 6.07) is 11.0. The molecule has 1 aromatic carbocycles. The third kappa shape index (κ3) is 2.49. The molecular formula is C19H22N2OS. The van der Waals surface area contributed by atoms with E-state index in [-0.39, 0.29) is 11.9 Å². The van der Waals surface area contributed by atoms with Crippen LogP contribution in [-0.2, 0) is 0 Å². The Balaban J connectivity index is 1.57. The van der Waals surface area contributed by atoms with Crippen LogP contribution < -0.4 is 5.32 Å². The molecule has 1 aromatic heterocycles. The molecule has 1 amide bonds. The molecule has 2 saturated carbocycles. The van der Waals surface area contributed by atoms with Crippen LogP contribution in [-0.4, -0.2) is 16.9 Å². The number of amides is 1. The van der Waals surface area contributed by atoms with Gasteiger partial charge in [-0.15, -0.1) is 11.3 Å². The Hall–Kier alpha value is -1.68. The Kier molecular flexibility index (Phi) is 3.72. The van der Waals surface area contributed by atoms with Gasteiger partial charge < -0.3 is 5.32 Å². The molecule has 120 valence electrons. The third-order valence-corrected chi connectivity index (χ3v) is 6.60. The molecule has 4 rings (SSSR count). The van der Waals surface area contributed by atoms with Gasteiger partial charge in [0, 0.05) is 12.0 Å². The van der Waals surface area contributed by atoms with Crippen LogP contribution in [0.2, 0.25) is 0 Å². The van der Waals surface area contributed by atoms with Gasteiger partial charge in [-0.05, 0) is 44.1 Å². The Morgan fingerprint density at radius 2 is 1.91 bits per heavy atom. The summed E-state index contributed by atoms with van der Waals surface area (Å²) in [5.74, 6) is 1.93. The Bertz CT molecular complexity index is 724. The van der Waals surface area contributed by atoms with Crippen LogP contribution in [0, 0.1) is 25.7 Å². The first kappa shape index (κ1) is 14.9. The second-order valence-corrected chi connectivity index (χ2v) is 8.04. The van der Waals surface area contributed by atoms with E-state index in [0.717, 1.165) is 21.5 Å². The van der Waals surface area contributed by atoms with Gasteiger partial charge >= 0.3 is 0 Å². The molecule has 3 nitrogen and oxygen atoms in total. The predicted octanol–water partition coefficient (Wildman–Crippen LogP) is 4.07. The van der Waals surface area contributed by atoms with Gasteiger partial charge in [0.1, 0.15) is 4.88 Å². The topological polar surface area (TPSA) is 42.0 Å². The first-order valence-electron chi connectivity index (χ1n) is 8.45. The molecule has 23 heavy (non-hydrogen) atoms. The fourth-order valence-electron chi connectivity index (χ4n) is 4.58. The smallest absolute Gasteiger partial charge is 0.263 e. The Morgan fingerprint density at radius 3 is 2.61 bits per heavy atom. The number of nitrogens with one attached hydrogen (secondary N) is 1. The average Bonchev–Trinajstić information content (AvgIpc) is 3.09. The highest BCUT2D eigenvalue weighted by Gasteiger charge is 2.53. The zero-order valence-corrected chi connectivity index (χ0v) is 14.4. The summed E-state index contributed by atoms with van der Waals surface area (Å²) in [6.07, 6.45) is 3.85. The fourth-order valence-corrected chi connectivity index (χ4v) is 5.40. The lowest BCUT2D eigenvalue weighted by molar-refractivity contribution is 0.0694. The number of hydrogen-bond acceptors (Lipinski definition) is 3. The van der Waals surface area contributed by atoms with Crippen LogP contribution in [0.25, 0.3) is 0 Å². The van der Waals surface area contributed by atoms with E-state index in [1.807, 2.05) is 13.8 Å². The molecule has 2 aromatic rings. The SMILES string of the molecule is Cc1nc(C)c(C(=O)N[C@@H]2[C@@H]3CCC[C@@H]3[C@@H]2c2ccccc2)s1. The molecule has 0 spiro atoms.